The third kappa shape index (κ3) is 4.83. The molecular formula is C21H26N2O2. The Hall–Kier alpha value is -2.33. The molecule has 2 aromatic rings. The second kappa shape index (κ2) is 8.17. The zero-order valence-electron chi connectivity index (χ0n) is 14.7. The fourth-order valence-electron chi connectivity index (χ4n) is 3.33. The van der Waals surface area contributed by atoms with Crippen LogP contribution in [0.4, 0.5) is 5.69 Å². The van der Waals surface area contributed by atoms with Crippen molar-refractivity contribution in [1.29, 1.82) is 0 Å². The largest absolute Gasteiger partial charge is 0.508 e. The summed E-state index contributed by atoms with van der Waals surface area (Å²) in [6.07, 6.45) is 3.66. The molecule has 132 valence electrons. The van der Waals surface area contributed by atoms with Gasteiger partial charge in [0.2, 0.25) is 5.91 Å². The molecule has 25 heavy (non-hydrogen) atoms. The smallest absolute Gasteiger partial charge is 0.238 e. The number of hydrogen-bond donors (Lipinski definition) is 2. The lowest BCUT2D eigenvalue weighted by molar-refractivity contribution is -0.117. The SMILES string of the molecule is CC(c1ccc(O)cc1)c1ccc(NC(=O)CN2CCCCC2)cc1. The molecule has 1 aliphatic rings. The van der Waals surface area contributed by atoms with Crippen LogP contribution in [-0.2, 0) is 4.79 Å². The van der Waals surface area contributed by atoms with Crippen molar-refractivity contribution in [3.8, 4) is 5.75 Å². The van der Waals surface area contributed by atoms with Crippen LogP contribution in [-0.4, -0.2) is 35.5 Å². The molecule has 1 atom stereocenters. The van der Waals surface area contributed by atoms with Crippen LogP contribution in [0.3, 0.4) is 0 Å². The van der Waals surface area contributed by atoms with Gasteiger partial charge in [0, 0.05) is 11.6 Å². The van der Waals surface area contributed by atoms with Crippen molar-refractivity contribution in [2.45, 2.75) is 32.1 Å². The molecule has 0 saturated carbocycles. The van der Waals surface area contributed by atoms with E-state index < -0.39 is 0 Å². The van der Waals surface area contributed by atoms with E-state index in [4.69, 9.17) is 0 Å². The minimum Gasteiger partial charge on any atom is -0.508 e. The molecular weight excluding hydrogens is 312 g/mol. The number of likely N-dealkylation sites (tertiary alicyclic amines) is 1. The molecule has 1 amide bonds. The maximum atomic E-state index is 12.2. The number of phenols is 1. The van der Waals surface area contributed by atoms with Crippen molar-refractivity contribution < 1.29 is 9.90 Å². The number of benzene rings is 2. The first-order valence-electron chi connectivity index (χ1n) is 9.03. The molecule has 4 nitrogen and oxygen atoms in total. The Bertz CT molecular complexity index is 689. The van der Waals surface area contributed by atoms with Gasteiger partial charge in [0.25, 0.3) is 0 Å². The molecule has 4 heteroatoms. The Kier molecular flexibility index (Phi) is 5.71. The number of anilines is 1. The zero-order valence-corrected chi connectivity index (χ0v) is 14.7. The van der Waals surface area contributed by atoms with Crippen LogP contribution >= 0.6 is 0 Å². The van der Waals surface area contributed by atoms with E-state index in [-0.39, 0.29) is 17.6 Å². The van der Waals surface area contributed by atoms with Gasteiger partial charge >= 0.3 is 0 Å². The van der Waals surface area contributed by atoms with Gasteiger partial charge < -0.3 is 10.4 Å². The number of piperidine rings is 1. The van der Waals surface area contributed by atoms with Gasteiger partial charge in [-0.2, -0.15) is 0 Å². The van der Waals surface area contributed by atoms with Crippen molar-refractivity contribution in [2.75, 3.05) is 25.0 Å². The lowest BCUT2D eigenvalue weighted by Crippen LogP contribution is -2.36. The lowest BCUT2D eigenvalue weighted by Gasteiger charge is -2.25. The van der Waals surface area contributed by atoms with Crippen LogP contribution < -0.4 is 5.32 Å². The van der Waals surface area contributed by atoms with Crippen molar-refractivity contribution in [3.05, 3.63) is 59.7 Å². The first-order chi connectivity index (χ1) is 12.1. The monoisotopic (exact) mass is 338 g/mol. The molecule has 2 N–H and O–H groups in total. The van der Waals surface area contributed by atoms with Gasteiger partial charge in [-0.05, 0) is 61.3 Å². The van der Waals surface area contributed by atoms with Gasteiger partial charge in [0.1, 0.15) is 5.75 Å². The number of rotatable bonds is 5. The highest BCUT2D eigenvalue weighted by atomic mass is 16.3. The molecule has 1 fully saturated rings. The molecule has 1 saturated heterocycles. The molecule has 0 radical (unpaired) electrons. The molecule has 1 unspecified atom stereocenters. The number of nitrogens with one attached hydrogen (secondary N) is 1. The Balaban J connectivity index is 1.57. The molecule has 0 bridgehead atoms. The first kappa shape index (κ1) is 17.5. The van der Waals surface area contributed by atoms with E-state index in [0.717, 1.165) is 24.3 Å². The minimum absolute atomic E-state index is 0.0567. The molecule has 1 aliphatic heterocycles. The average Bonchev–Trinajstić information content (AvgIpc) is 2.63. The van der Waals surface area contributed by atoms with Crippen molar-refractivity contribution in [3.63, 3.8) is 0 Å². The second-order valence-corrected chi connectivity index (χ2v) is 6.82. The van der Waals surface area contributed by atoms with Gasteiger partial charge in [0.05, 0.1) is 6.54 Å². The summed E-state index contributed by atoms with van der Waals surface area (Å²) in [5.41, 5.74) is 3.17. The molecule has 1 heterocycles. The molecule has 0 spiro atoms. The van der Waals surface area contributed by atoms with E-state index in [0.29, 0.717) is 6.54 Å². The summed E-state index contributed by atoms with van der Waals surface area (Å²) in [5, 5.41) is 12.4. The number of hydrogen-bond acceptors (Lipinski definition) is 3. The number of phenolic OH excluding ortho intramolecular Hbond substituents is 1. The predicted molar refractivity (Wildman–Crippen MR) is 101 cm³/mol. The van der Waals surface area contributed by atoms with E-state index in [2.05, 4.69) is 17.1 Å². The van der Waals surface area contributed by atoms with Crippen LogP contribution in [0.25, 0.3) is 0 Å². The van der Waals surface area contributed by atoms with E-state index in [1.54, 1.807) is 12.1 Å². The molecule has 0 aliphatic carbocycles. The van der Waals surface area contributed by atoms with E-state index in [1.807, 2.05) is 36.4 Å². The summed E-state index contributed by atoms with van der Waals surface area (Å²) < 4.78 is 0. The van der Waals surface area contributed by atoms with Crippen LogP contribution in [0.15, 0.2) is 48.5 Å². The third-order valence-electron chi connectivity index (χ3n) is 4.90. The molecule has 3 rings (SSSR count). The maximum absolute atomic E-state index is 12.2. The molecule has 2 aromatic carbocycles. The topological polar surface area (TPSA) is 52.6 Å². The summed E-state index contributed by atoms with van der Waals surface area (Å²) in [5.74, 6) is 0.572. The first-order valence-corrected chi connectivity index (χ1v) is 9.03. The summed E-state index contributed by atoms with van der Waals surface area (Å²) in [7, 11) is 0. The van der Waals surface area contributed by atoms with E-state index >= 15 is 0 Å². The van der Waals surface area contributed by atoms with Gasteiger partial charge in [0.15, 0.2) is 0 Å². The highest BCUT2D eigenvalue weighted by Crippen LogP contribution is 2.26. The standard InChI is InChI=1S/C21H26N2O2/c1-16(18-7-11-20(24)12-8-18)17-5-9-19(10-6-17)22-21(25)15-23-13-3-2-4-14-23/h5-12,16,24H,2-4,13-15H2,1H3,(H,22,25). The highest BCUT2D eigenvalue weighted by molar-refractivity contribution is 5.92. The third-order valence-corrected chi connectivity index (χ3v) is 4.90. The Morgan fingerprint density at radius 1 is 1.00 bits per heavy atom. The summed E-state index contributed by atoms with van der Waals surface area (Å²) >= 11 is 0. The van der Waals surface area contributed by atoms with Crippen molar-refractivity contribution in [2.24, 2.45) is 0 Å². The Morgan fingerprint density at radius 3 is 2.16 bits per heavy atom. The van der Waals surface area contributed by atoms with Gasteiger partial charge in [-0.25, -0.2) is 0 Å². The van der Waals surface area contributed by atoms with Crippen LogP contribution in [0.1, 0.15) is 43.2 Å². The summed E-state index contributed by atoms with van der Waals surface area (Å²) in [4.78, 5) is 14.4. The highest BCUT2D eigenvalue weighted by Gasteiger charge is 2.14. The second-order valence-electron chi connectivity index (χ2n) is 6.82. The number of carbonyl (C=O) groups excluding carboxylic acids is 1. The van der Waals surface area contributed by atoms with E-state index in [1.165, 1.54) is 24.8 Å². The number of aromatic hydroxyl groups is 1. The van der Waals surface area contributed by atoms with Gasteiger partial charge in [-0.15, -0.1) is 0 Å². The quantitative estimate of drug-likeness (QED) is 0.867. The average molecular weight is 338 g/mol. The normalized spacial score (nSPS) is 16.4. The number of carbonyl (C=O) groups is 1. The number of amides is 1. The minimum atomic E-state index is 0.0567. The van der Waals surface area contributed by atoms with Crippen molar-refractivity contribution in [1.82, 2.24) is 4.90 Å². The lowest BCUT2D eigenvalue weighted by atomic mass is 9.93. The Labute approximate surface area is 149 Å². The zero-order chi connectivity index (χ0) is 17.6. The summed E-state index contributed by atoms with van der Waals surface area (Å²) in [6, 6.07) is 15.3. The van der Waals surface area contributed by atoms with Crippen LogP contribution in [0, 0.1) is 0 Å². The number of nitrogens with zero attached hydrogens (tertiary/aromatic N) is 1. The predicted octanol–water partition coefficient (Wildman–Crippen LogP) is 3.97. The van der Waals surface area contributed by atoms with Crippen LogP contribution in [0.2, 0.25) is 0 Å². The van der Waals surface area contributed by atoms with Crippen molar-refractivity contribution >= 4 is 11.6 Å². The van der Waals surface area contributed by atoms with E-state index in [9.17, 15) is 9.90 Å². The Morgan fingerprint density at radius 2 is 1.56 bits per heavy atom. The maximum Gasteiger partial charge on any atom is 0.238 e. The van der Waals surface area contributed by atoms with Crippen LogP contribution in [0.5, 0.6) is 5.75 Å². The fourth-order valence-corrected chi connectivity index (χ4v) is 3.33. The molecule has 0 aromatic heterocycles. The summed E-state index contributed by atoms with van der Waals surface area (Å²) in [6.45, 7) is 4.66. The fraction of sp³-hybridized carbons (Fsp3) is 0.381. The van der Waals surface area contributed by atoms with Gasteiger partial charge in [-0.1, -0.05) is 37.6 Å². The van der Waals surface area contributed by atoms with Gasteiger partial charge in [-0.3, -0.25) is 9.69 Å².